The molecular weight excluding hydrogens is 401 g/mol. The summed E-state index contributed by atoms with van der Waals surface area (Å²) >= 11 is 0. The number of methoxy groups -OCH3 is 1. The molecule has 0 saturated carbocycles. The van der Waals surface area contributed by atoms with Crippen molar-refractivity contribution >= 4 is 17.8 Å². The standard InChI is InChI=1S/C23H26FN3O4/c1-23(13-11-16-5-9-19(31-2)10-6-16)21(29)27(22(30)26-23)15-20(28)25-14-12-17-3-7-18(24)8-4-17/h3-10H,11-15H2,1-2H3,(H,25,28)(H,26,30). The molecule has 1 heterocycles. The third kappa shape index (κ3) is 5.59. The largest absolute Gasteiger partial charge is 0.497 e. The van der Waals surface area contributed by atoms with E-state index in [1.807, 2.05) is 24.3 Å². The van der Waals surface area contributed by atoms with Gasteiger partial charge in [-0.2, -0.15) is 0 Å². The second-order valence-electron chi connectivity index (χ2n) is 7.73. The van der Waals surface area contributed by atoms with Crippen molar-refractivity contribution in [1.82, 2.24) is 15.5 Å². The number of carbonyl (C=O) groups excluding carboxylic acids is 3. The Balaban J connectivity index is 1.49. The van der Waals surface area contributed by atoms with Gasteiger partial charge < -0.3 is 15.4 Å². The van der Waals surface area contributed by atoms with Crippen molar-refractivity contribution in [1.29, 1.82) is 0 Å². The van der Waals surface area contributed by atoms with Gasteiger partial charge in [0.1, 0.15) is 23.7 Å². The third-order valence-corrected chi connectivity index (χ3v) is 5.37. The number of benzene rings is 2. The first kappa shape index (κ1) is 22.3. The molecule has 0 aromatic heterocycles. The highest BCUT2D eigenvalue weighted by Gasteiger charge is 2.47. The second-order valence-corrected chi connectivity index (χ2v) is 7.73. The Labute approximate surface area is 180 Å². The number of urea groups is 1. The Kier molecular flexibility index (Phi) is 6.89. The van der Waals surface area contributed by atoms with Gasteiger partial charge in [0.25, 0.3) is 5.91 Å². The number of nitrogens with zero attached hydrogens (tertiary/aromatic N) is 1. The van der Waals surface area contributed by atoms with Crippen LogP contribution < -0.4 is 15.4 Å². The van der Waals surface area contributed by atoms with E-state index in [4.69, 9.17) is 4.74 Å². The number of aryl methyl sites for hydroxylation is 1. The Morgan fingerprint density at radius 2 is 1.68 bits per heavy atom. The van der Waals surface area contributed by atoms with Crippen LogP contribution in [0.3, 0.4) is 0 Å². The molecular formula is C23H26FN3O4. The monoisotopic (exact) mass is 427 g/mol. The van der Waals surface area contributed by atoms with E-state index in [1.54, 1.807) is 26.2 Å². The lowest BCUT2D eigenvalue weighted by Gasteiger charge is -2.21. The molecule has 1 atom stereocenters. The van der Waals surface area contributed by atoms with Gasteiger partial charge >= 0.3 is 6.03 Å². The Morgan fingerprint density at radius 1 is 1.06 bits per heavy atom. The van der Waals surface area contributed by atoms with Crippen LogP contribution in [-0.4, -0.2) is 48.5 Å². The van der Waals surface area contributed by atoms with E-state index in [0.29, 0.717) is 25.8 Å². The van der Waals surface area contributed by atoms with Gasteiger partial charge in [0, 0.05) is 6.54 Å². The van der Waals surface area contributed by atoms with E-state index in [1.165, 1.54) is 12.1 Å². The number of ether oxygens (including phenoxy) is 1. The van der Waals surface area contributed by atoms with Gasteiger partial charge in [-0.15, -0.1) is 0 Å². The van der Waals surface area contributed by atoms with Gasteiger partial charge in [-0.3, -0.25) is 14.5 Å². The summed E-state index contributed by atoms with van der Waals surface area (Å²) in [6, 6.07) is 12.9. The maximum Gasteiger partial charge on any atom is 0.325 e. The highest BCUT2D eigenvalue weighted by Crippen LogP contribution is 2.24. The SMILES string of the molecule is COc1ccc(CCC2(C)NC(=O)N(CC(=O)NCCc3ccc(F)cc3)C2=O)cc1. The quantitative estimate of drug-likeness (QED) is 0.602. The first-order chi connectivity index (χ1) is 14.8. The summed E-state index contributed by atoms with van der Waals surface area (Å²) in [5, 5.41) is 5.40. The van der Waals surface area contributed by atoms with Gasteiger partial charge in [0.2, 0.25) is 5.91 Å². The van der Waals surface area contributed by atoms with Crippen LogP contribution in [0.15, 0.2) is 48.5 Å². The van der Waals surface area contributed by atoms with Gasteiger partial charge in [-0.1, -0.05) is 24.3 Å². The zero-order valence-corrected chi connectivity index (χ0v) is 17.6. The maximum atomic E-state index is 12.9. The van der Waals surface area contributed by atoms with Gasteiger partial charge in [0.05, 0.1) is 7.11 Å². The molecule has 0 radical (unpaired) electrons. The van der Waals surface area contributed by atoms with Crippen LogP contribution in [0.2, 0.25) is 0 Å². The molecule has 0 bridgehead atoms. The smallest absolute Gasteiger partial charge is 0.325 e. The molecule has 164 valence electrons. The van der Waals surface area contributed by atoms with Crippen LogP contribution in [0, 0.1) is 5.82 Å². The number of hydrogen-bond acceptors (Lipinski definition) is 4. The summed E-state index contributed by atoms with van der Waals surface area (Å²) in [5.41, 5.74) is 0.828. The van der Waals surface area contributed by atoms with Crippen LogP contribution in [-0.2, 0) is 22.4 Å². The first-order valence-electron chi connectivity index (χ1n) is 10.1. The number of rotatable bonds is 9. The number of hydrogen-bond donors (Lipinski definition) is 2. The normalized spacial score (nSPS) is 18.1. The van der Waals surface area contributed by atoms with Gasteiger partial charge in [-0.05, 0) is 61.6 Å². The second kappa shape index (κ2) is 9.59. The topological polar surface area (TPSA) is 87.7 Å². The maximum absolute atomic E-state index is 12.9. The molecule has 1 unspecified atom stereocenters. The highest BCUT2D eigenvalue weighted by molar-refractivity contribution is 6.08. The Bertz CT molecular complexity index is 946. The number of nitrogens with one attached hydrogen (secondary N) is 2. The van der Waals surface area contributed by atoms with Crippen LogP contribution in [0.4, 0.5) is 9.18 Å². The molecule has 1 aliphatic rings. The van der Waals surface area contributed by atoms with E-state index in [9.17, 15) is 18.8 Å². The van der Waals surface area contributed by atoms with Crippen molar-refractivity contribution in [3.05, 3.63) is 65.5 Å². The average molecular weight is 427 g/mol. The van der Waals surface area contributed by atoms with Crippen LogP contribution in [0.5, 0.6) is 5.75 Å². The van der Waals surface area contributed by atoms with Crippen molar-refractivity contribution < 1.29 is 23.5 Å². The number of imide groups is 1. The van der Waals surface area contributed by atoms with Crippen molar-refractivity contribution in [3.8, 4) is 5.75 Å². The van der Waals surface area contributed by atoms with E-state index in [0.717, 1.165) is 21.8 Å². The van der Waals surface area contributed by atoms with E-state index in [-0.39, 0.29) is 12.4 Å². The summed E-state index contributed by atoms with van der Waals surface area (Å²) < 4.78 is 18.1. The minimum absolute atomic E-state index is 0.318. The lowest BCUT2D eigenvalue weighted by molar-refractivity contribution is -0.134. The lowest BCUT2D eigenvalue weighted by Crippen LogP contribution is -2.45. The minimum Gasteiger partial charge on any atom is -0.497 e. The molecule has 2 N–H and O–H groups in total. The van der Waals surface area contributed by atoms with Crippen molar-refractivity contribution in [3.63, 3.8) is 0 Å². The highest BCUT2D eigenvalue weighted by atomic mass is 19.1. The Hall–Kier alpha value is -3.42. The van der Waals surface area contributed by atoms with E-state index >= 15 is 0 Å². The predicted molar refractivity (Wildman–Crippen MR) is 113 cm³/mol. The fourth-order valence-corrected chi connectivity index (χ4v) is 3.44. The molecule has 1 aliphatic heterocycles. The number of carbonyl (C=O) groups is 3. The molecule has 2 aromatic rings. The first-order valence-corrected chi connectivity index (χ1v) is 10.1. The van der Waals surface area contributed by atoms with Crippen molar-refractivity contribution in [2.24, 2.45) is 0 Å². The third-order valence-electron chi connectivity index (χ3n) is 5.37. The molecule has 7 nitrogen and oxygen atoms in total. The zero-order chi connectivity index (χ0) is 22.4. The van der Waals surface area contributed by atoms with Crippen LogP contribution in [0.1, 0.15) is 24.5 Å². The minimum atomic E-state index is -1.06. The van der Waals surface area contributed by atoms with Crippen LogP contribution >= 0.6 is 0 Å². The molecule has 1 saturated heterocycles. The molecule has 3 rings (SSSR count). The molecule has 2 aromatic carbocycles. The fraction of sp³-hybridized carbons (Fsp3) is 0.348. The fourth-order valence-electron chi connectivity index (χ4n) is 3.44. The summed E-state index contributed by atoms with van der Waals surface area (Å²) in [6.45, 7) is 1.65. The number of halogens is 1. The zero-order valence-electron chi connectivity index (χ0n) is 17.6. The molecule has 4 amide bonds. The van der Waals surface area contributed by atoms with E-state index in [2.05, 4.69) is 10.6 Å². The summed E-state index contributed by atoms with van der Waals surface area (Å²) in [4.78, 5) is 38.3. The predicted octanol–water partition coefficient (Wildman–Crippen LogP) is 2.44. The molecule has 8 heteroatoms. The summed E-state index contributed by atoms with van der Waals surface area (Å²) in [6.07, 6.45) is 1.52. The average Bonchev–Trinajstić information content (AvgIpc) is 2.97. The van der Waals surface area contributed by atoms with Crippen LogP contribution in [0.25, 0.3) is 0 Å². The Morgan fingerprint density at radius 3 is 2.32 bits per heavy atom. The summed E-state index contributed by atoms with van der Waals surface area (Å²) in [7, 11) is 1.59. The lowest BCUT2D eigenvalue weighted by atomic mass is 9.93. The van der Waals surface area contributed by atoms with E-state index < -0.39 is 23.4 Å². The van der Waals surface area contributed by atoms with Gasteiger partial charge in [0.15, 0.2) is 0 Å². The van der Waals surface area contributed by atoms with Crippen molar-refractivity contribution in [2.45, 2.75) is 31.7 Å². The number of amides is 4. The van der Waals surface area contributed by atoms with Crippen molar-refractivity contribution in [2.75, 3.05) is 20.2 Å². The molecule has 0 aliphatic carbocycles. The molecule has 31 heavy (non-hydrogen) atoms. The van der Waals surface area contributed by atoms with Gasteiger partial charge in [-0.25, -0.2) is 9.18 Å². The molecule has 0 spiro atoms. The molecule has 1 fully saturated rings. The summed E-state index contributed by atoms with van der Waals surface area (Å²) in [5.74, 6) is -0.414.